The van der Waals surface area contributed by atoms with E-state index in [1.54, 1.807) is 12.0 Å². The number of hydrogen-bond donors (Lipinski definition) is 1. The molecule has 2 aromatic carbocycles. The van der Waals surface area contributed by atoms with E-state index >= 15 is 0 Å². The summed E-state index contributed by atoms with van der Waals surface area (Å²) in [6.07, 6.45) is 1.11. The summed E-state index contributed by atoms with van der Waals surface area (Å²) < 4.78 is 10.8. The molecule has 154 valence electrons. The van der Waals surface area contributed by atoms with Gasteiger partial charge in [0.1, 0.15) is 11.5 Å². The average molecular weight is 396 g/mol. The Labute approximate surface area is 171 Å². The van der Waals surface area contributed by atoms with E-state index < -0.39 is 0 Å². The number of benzene rings is 2. The molecule has 3 rings (SSSR count). The lowest BCUT2D eigenvalue weighted by atomic mass is 10.1. The van der Waals surface area contributed by atoms with E-state index in [-0.39, 0.29) is 30.3 Å². The first kappa shape index (κ1) is 20.7. The quantitative estimate of drug-likeness (QED) is 0.741. The Balaban J connectivity index is 1.50. The number of carbonyl (C=O) groups is 2. The Morgan fingerprint density at radius 2 is 1.76 bits per heavy atom. The maximum atomic E-state index is 12.6. The van der Waals surface area contributed by atoms with Crippen molar-refractivity contribution < 1.29 is 19.1 Å². The number of methoxy groups -OCH3 is 1. The summed E-state index contributed by atoms with van der Waals surface area (Å²) in [5.74, 6) is 1.15. The number of anilines is 1. The molecular formula is C23H28N2O4. The Morgan fingerprint density at radius 1 is 1.10 bits per heavy atom. The highest BCUT2D eigenvalue weighted by molar-refractivity contribution is 5.97. The zero-order valence-corrected chi connectivity index (χ0v) is 17.2. The van der Waals surface area contributed by atoms with Crippen LogP contribution in [0.1, 0.15) is 25.8 Å². The van der Waals surface area contributed by atoms with Gasteiger partial charge in [-0.25, -0.2) is 0 Å². The van der Waals surface area contributed by atoms with Gasteiger partial charge in [0.2, 0.25) is 11.8 Å². The minimum atomic E-state index is -0.329. The third-order valence-electron chi connectivity index (χ3n) is 4.91. The third kappa shape index (κ3) is 5.73. The lowest BCUT2D eigenvalue weighted by molar-refractivity contribution is -0.128. The van der Waals surface area contributed by atoms with E-state index in [2.05, 4.69) is 5.32 Å². The van der Waals surface area contributed by atoms with Crippen molar-refractivity contribution in [2.45, 2.75) is 32.8 Å². The fourth-order valence-electron chi connectivity index (χ4n) is 3.35. The maximum Gasteiger partial charge on any atom is 0.229 e. The number of ether oxygens (including phenoxy) is 2. The van der Waals surface area contributed by atoms with Gasteiger partial charge in [0.15, 0.2) is 0 Å². The molecule has 1 N–H and O–H groups in total. The van der Waals surface area contributed by atoms with Crippen molar-refractivity contribution in [2.24, 2.45) is 5.92 Å². The second-order valence-corrected chi connectivity index (χ2v) is 7.52. The number of nitrogens with zero attached hydrogens (tertiary/aromatic N) is 1. The molecule has 29 heavy (non-hydrogen) atoms. The molecule has 1 heterocycles. The fraction of sp³-hybridized carbons (Fsp3) is 0.391. The van der Waals surface area contributed by atoms with Gasteiger partial charge < -0.3 is 19.7 Å². The molecule has 1 saturated heterocycles. The number of carbonyl (C=O) groups excluding carboxylic acids is 2. The lowest BCUT2D eigenvalue weighted by Gasteiger charge is -2.17. The molecule has 0 aromatic heterocycles. The van der Waals surface area contributed by atoms with Crippen LogP contribution in [0.25, 0.3) is 0 Å². The van der Waals surface area contributed by atoms with E-state index in [1.165, 1.54) is 0 Å². The zero-order chi connectivity index (χ0) is 20.8. The van der Waals surface area contributed by atoms with Crippen LogP contribution in [0.2, 0.25) is 0 Å². The van der Waals surface area contributed by atoms with Crippen molar-refractivity contribution in [3.05, 3.63) is 54.1 Å². The Morgan fingerprint density at radius 3 is 2.38 bits per heavy atom. The van der Waals surface area contributed by atoms with Crippen LogP contribution < -0.4 is 14.8 Å². The Kier molecular flexibility index (Phi) is 6.75. The van der Waals surface area contributed by atoms with Crippen LogP contribution >= 0.6 is 0 Å². The van der Waals surface area contributed by atoms with Gasteiger partial charge in [-0.15, -0.1) is 0 Å². The summed E-state index contributed by atoms with van der Waals surface area (Å²) in [5, 5.41) is 2.90. The molecule has 1 atom stereocenters. The van der Waals surface area contributed by atoms with Crippen LogP contribution in [0.4, 0.5) is 5.69 Å². The van der Waals surface area contributed by atoms with E-state index in [1.807, 2.05) is 62.4 Å². The summed E-state index contributed by atoms with van der Waals surface area (Å²) in [7, 11) is 1.64. The summed E-state index contributed by atoms with van der Waals surface area (Å²) >= 11 is 0. The Bertz CT molecular complexity index is 831. The SMILES string of the molecule is COc1ccc(CCN2CC(C(=O)Nc3ccc(OC(C)C)cc3)CC2=O)cc1. The van der Waals surface area contributed by atoms with Crippen molar-refractivity contribution in [3.8, 4) is 11.5 Å². The van der Waals surface area contributed by atoms with Crippen LogP contribution in [0, 0.1) is 5.92 Å². The lowest BCUT2D eigenvalue weighted by Crippen LogP contribution is -2.30. The van der Waals surface area contributed by atoms with Crippen molar-refractivity contribution >= 4 is 17.5 Å². The first-order chi connectivity index (χ1) is 13.9. The van der Waals surface area contributed by atoms with Crippen molar-refractivity contribution in [1.82, 2.24) is 4.90 Å². The predicted octanol–water partition coefficient (Wildman–Crippen LogP) is 3.51. The van der Waals surface area contributed by atoms with Gasteiger partial charge in [0, 0.05) is 25.2 Å². The standard InChI is InChI=1S/C23H28N2O4/c1-16(2)29-21-10-6-19(7-11-21)24-23(27)18-14-22(26)25(15-18)13-12-17-4-8-20(28-3)9-5-17/h4-11,16,18H,12-15H2,1-3H3,(H,24,27). The molecule has 0 saturated carbocycles. The van der Waals surface area contributed by atoms with Crippen LogP contribution in [0.15, 0.2) is 48.5 Å². The summed E-state index contributed by atoms with van der Waals surface area (Å²) in [4.78, 5) is 26.7. The van der Waals surface area contributed by atoms with Crippen molar-refractivity contribution in [3.63, 3.8) is 0 Å². The number of rotatable bonds is 8. The topological polar surface area (TPSA) is 67.9 Å². The number of nitrogens with one attached hydrogen (secondary N) is 1. The highest BCUT2D eigenvalue weighted by atomic mass is 16.5. The first-order valence-corrected chi connectivity index (χ1v) is 9.93. The molecule has 0 radical (unpaired) electrons. The molecular weight excluding hydrogens is 368 g/mol. The number of amides is 2. The summed E-state index contributed by atoms with van der Waals surface area (Å²) in [6.45, 7) is 4.99. The van der Waals surface area contributed by atoms with Gasteiger partial charge in [0.25, 0.3) is 0 Å². The normalized spacial score (nSPS) is 16.2. The molecule has 1 aliphatic rings. The largest absolute Gasteiger partial charge is 0.497 e. The molecule has 1 unspecified atom stereocenters. The van der Waals surface area contributed by atoms with Gasteiger partial charge in [-0.3, -0.25) is 9.59 Å². The van der Waals surface area contributed by atoms with Crippen LogP contribution in [-0.4, -0.2) is 43.0 Å². The molecule has 2 amide bonds. The molecule has 0 bridgehead atoms. The highest BCUT2D eigenvalue weighted by Gasteiger charge is 2.34. The third-order valence-corrected chi connectivity index (χ3v) is 4.91. The molecule has 1 aliphatic heterocycles. The molecule has 0 spiro atoms. The number of likely N-dealkylation sites (tertiary alicyclic amines) is 1. The van der Waals surface area contributed by atoms with Crippen molar-refractivity contribution in [1.29, 1.82) is 0 Å². The molecule has 6 nitrogen and oxygen atoms in total. The molecule has 6 heteroatoms. The van der Waals surface area contributed by atoms with Gasteiger partial charge >= 0.3 is 0 Å². The zero-order valence-electron chi connectivity index (χ0n) is 17.2. The second kappa shape index (κ2) is 9.45. The highest BCUT2D eigenvalue weighted by Crippen LogP contribution is 2.22. The summed E-state index contributed by atoms with van der Waals surface area (Å²) in [5.41, 5.74) is 1.84. The van der Waals surface area contributed by atoms with Gasteiger partial charge in [-0.1, -0.05) is 12.1 Å². The maximum absolute atomic E-state index is 12.6. The molecule has 1 fully saturated rings. The van der Waals surface area contributed by atoms with Crippen LogP contribution in [0.3, 0.4) is 0 Å². The fourth-order valence-corrected chi connectivity index (χ4v) is 3.35. The van der Waals surface area contributed by atoms with Gasteiger partial charge in [-0.05, 0) is 62.2 Å². The minimum absolute atomic E-state index is 0.0272. The first-order valence-electron chi connectivity index (χ1n) is 9.93. The molecule has 0 aliphatic carbocycles. The van der Waals surface area contributed by atoms with E-state index in [0.717, 1.165) is 23.5 Å². The second-order valence-electron chi connectivity index (χ2n) is 7.52. The Hall–Kier alpha value is -3.02. The van der Waals surface area contributed by atoms with E-state index in [0.29, 0.717) is 18.8 Å². The van der Waals surface area contributed by atoms with Crippen LogP contribution in [-0.2, 0) is 16.0 Å². The monoisotopic (exact) mass is 396 g/mol. The smallest absolute Gasteiger partial charge is 0.229 e. The van der Waals surface area contributed by atoms with Crippen molar-refractivity contribution in [2.75, 3.05) is 25.5 Å². The number of hydrogen-bond acceptors (Lipinski definition) is 4. The predicted molar refractivity (Wildman–Crippen MR) is 112 cm³/mol. The summed E-state index contributed by atoms with van der Waals surface area (Å²) in [6, 6.07) is 15.1. The van der Waals surface area contributed by atoms with E-state index in [4.69, 9.17) is 9.47 Å². The average Bonchev–Trinajstić information content (AvgIpc) is 3.08. The minimum Gasteiger partial charge on any atom is -0.497 e. The van der Waals surface area contributed by atoms with Crippen LogP contribution in [0.5, 0.6) is 11.5 Å². The van der Waals surface area contributed by atoms with Gasteiger partial charge in [0.05, 0.1) is 19.1 Å². The van der Waals surface area contributed by atoms with Gasteiger partial charge in [-0.2, -0.15) is 0 Å². The molecule has 2 aromatic rings. The van der Waals surface area contributed by atoms with E-state index in [9.17, 15) is 9.59 Å².